The molecule has 6 heteroatoms. The number of thiophene rings is 1. The van der Waals surface area contributed by atoms with Gasteiger partial charge >= 0.3 is 0 Å². The Kier molecular flexibility index (Phi) is 6.85. The van der Waals surface area contributed by atoms with Crippen LogP contribution in [0.15, 0.2) is 17.5 Å². The summed E-state index contributed by atoms with van der Waals surface area (Å²) in [5.41, 5.74) is 0. The highest BCUT2D eigenvalue weighted by Gasteiger charge is 2.16. The van der Waals surface area contributed by atoms with E-state index in [1.807, 2.05) is 24.4 Å². The third-order valence-corrected chi connectivity index (χ3v) is 5.61. The lowest BCUT2D eigenvalue weighted by Crippen LogP contribution is -2.32. The van der Waals surface area contributed by atoms with Crippen molar-refractivity contribution in [3.05, 3.63) is 22.4 Å². The van der Waals surface area contributed by atoms with Crippen molar-refractivity contribution in [2.45, 2.75) is 19.8 Å². The average Bonchev–Trinajstić information content (AvgIpc) is 2.84. The Bertz CT molecular complexity index is 415. The van der Waals surface area contributed by atoms with Crippen LogP contribution in [0.5, 0.6) is 0 Å². The second-order valence-corrected chi connectivity index (χ2v) is 7.40. The summed E-state index contributed by atoms with van der Waals surface area (Å²) in [6, 6.07) is 4.03. The molecule has 0 saturated carbocycles. The van der Waals surface area contributed by atoms with Crippen molar-refractivity contribution in [3.8, 4) is 0 Å². The van der Waals surface area contributed by atoms with Crippen LogP contribution in [0.4, 0.5) is 0 Å². The van der Waals surface area contributed by atoms with Gasteiger partial charge in [-0.05, 0) is 37.4 Å². The van der Waals surface area contributed by atoms with Crippen molar-refractivity contribution in [3.63, 3.8) is 0 Å². The van der Waals surface area contributed by atoms with Crippen molar-refractivity contribution in [2.75, 3.05) is 32.4 Å². The van der Waals surface area contributed by atoms with Gasteiger partial charge in [0.2, 0.25) is 10.0 Å². The quantitative estimate of drug-likeness (QED) is 0.702. The van der Waals surface area contributed by atoms with Gasteiger partial charge in [0.15, 0.2) is 0 Å². The van der Waals surface area contributed by atoms with E-state index in [2.05, 4.69) is 5.32 Å². The largest absolute Gasteiger partial charge is 0.317 e. The molecular weight excluding hydrogens is 268 g/mol. The molecule has 1 N–H and O–H groups in total. The van der Waals surface area contributed by atoms with E-state index >= 15 is 0 Å². The summed E-state index contributed by atoms with van der Waals surface area (Å²) in [5.74, 6) is 0.223. The van der Waals surface area contributed by atoms with Crippen LogP contribution < -0.4 is 5.32 Å². The first-order valence-electron chi connectivity index (χ1n) is 6.23. The predicted octanol–water partition coefficient (Wildman–Crippen LogP) is 1.55. The Labute approximate surface area is 114 Å². The van der Waals surface area contributed by atoms with E-state index in [0.717, 1.165) is 19.5 Å². The standard InChI is InChI=1S/C12H22N2O2S2/c1-3-13-8-5-11-18(15,16)14(2)9-7-12-6-4-10-17-12/h4,6,10,13H,3,5,7-9,11H2,1-2H3. The van der Waals surface area contributed by atoms with Crippen molar-refractivity contribution in [1.29, 1.82) is 0 Å². The maximum atomic E-state index is 12.0. The molecule has 1 aromatic rings. The molecule has 0 aliphatic rings. The van der Waals surface area contributed by atoms with Gasteiger partial charge in [-0.3, -0.25) is 0 Å². The van der Waals surface area contributed by atoms with Gasteiger partial charge in [-0.2, -0.15) is 0 Å². The van der Waals surface area contributed by atoms with Crippen LogP contribution >= 0.6 is 11.3 Å². The molecular formula is C12H22N2O2S2. The Morgan fingerprint density at radius 3 is 2.83 bits per heavy atom. The number of likely N-dealkylation sites (N-methyl/N-ethyl adjacent to an activating group) is 1. The summed E-state index contributed by atoms with van der Waals surface area (Å²) < 4.78 is 25.4. The fourth-order valence-corrected chi connectivity index (χ4v) is 3.46. The lowest BCUT2D eigenvalue weighted by molar-refractivity contribution is 0.471. The minimum atomic E-state index is -3.10. The average molecular weight is 290 g/mol. The molecule has 0 saturated heterocycles. The second-order valence-electron chi connectivity index (χ2n) is 4.17. The van der Waals surface area contributed by atoms with Gasteiger partial charge in [-0.25, -0.2) is 12.7 Å². The van der Waals surface area contributed by atoms with E-state index in [1.165, 1.54) is 9.18 Å². The van der Waals surface area contributed by atoms with Crippen molar-refractivity contribution >= 4 is 21.4 Å². The maximum Gasteiger partial charge on any atom is 0.213 e. The van der Waals surface area contributed by atoms with Crippen molar-refractivity contribution < 1.29 is 8.42 Å². The molecule has 0 amide bonds. The zero-order chi connectivity index (χ0) is 13.4. The number of nitrogens with one attached hydrogen (secondary N) is 1. The van der Waals surface area contributed by atoms with Gasteiger partial charge in [-0.1, -0.05) is 13.0 Å². The van der Waals surface area contributed by atoms with Crippen molar-refractivity contribution in [2.24, 2.45) is 0 Å². The fraction of sp³-hybridized carbons (Fsp3) is 0.667. The summed E-state index contributed by atoms with van der Waals surface area (Å²) in [7, 11) is -1.43. The van der Waals surface area contributed by atoms with Crippen LogP contribution in [0.2, 0.25) is 0 Å². The SMILES string of the molecule is CCNCCCS(=O)(=O)N(C)CCc1cccs1. The zero-order valence-corrected chi connectivity index (χ0v) is 12.7. The molecule has 4 nitrogen and oxygen atoms in total. The third kappa shape index (κ3) is 5.48. The summed E-state index contributed by atoms with van der Waals surface area (Å²) in [6.45, 7) is 4.22. The van der Waals surface area contributed by atoms with Crippen molar-refractivity contribution in [1.82, 2.24) is 9.62 Å². The molecule has 0 fully saturated rings. The molecule has 1 rings (SSSR count). The minimum Gasteiger partial charge on any atom is -0.317 e. The monoisotopic (exact) mass is 290 g/mol. The van der Waals surface area contributed by atoms with Crippen LogP contribution in [0.25, 0.3) is 0 Å². The summed E-state index contributed by atoms with van der Waals surface area (Å²) in [6.07, 6.45) is 1.46. The normalized spacial score (nSPS) is 12.2. The number of rotatable bonds is 9. The Morgan fingerprint density at radius 2 is 2.22 bits per heavy atom. The molecule has 18 heavy (non-hydrogen) atoms. The molecule has 0 aliphatic heterocycles. The number of hydrogen-bond acceptors (Lipinski definition) is 4. The van der Waals surface area contributed by atoms with Gasteiger partial charge in [0.1, 0.15) is 0 Å². The van der Waals surface area contributed by atoms with Crippen LogP contribution in [-0.2, 0) is 16.4 Å². The molecule has 0 spiro atoms. The van der Waals surface area contributed by atoms with Crippen LogP contribution in [0.3, 0.4) is 0 Å². The first-order chi connectivity index (χ1) is 8.56. The van der Waals surface area contributed by atoms with Crippen LogP contribution in [0.1, 0.15) is 18.2 Å². The minimum absolute atomic E-state index is 0.223. The van der Waals surface area contributed by atoms with Crippen LogP contribution in [0, 0.1) is 0 Å². The van der Waals surface area contributed by atoms with E-state index in [4.69, 9.17) is 0 Å². The highest BCUT2D eigenvalue weighted by molar-refractivity contribution is 7.89. The third-order valence-electron chi connectivity index (χ3n) is 2.73. The first-order valence-corrected chi connectivity index (χ1v) is 8.72. The number of sulfonamides is 1. The molecule has 0 atom stereocenters. The maximum absolute atomic E-state index is 12.0. The summed E-state index contributed by atoms with van der Waals surface area (Å²) in [5, 5.41) is 5.15. The molecule has 0 aromatic carbocycles. The van der Waals surface area contributed by atoms with E-state index < -0.39 is 10.0 Å². The molecule has 0 aliphatic carbocycles. The first kappa shape index (κ1) is 15.6. The topological polar surface area (TPSA) is 49.4 Å². The van der Waals surface area contributed by atoms with E-state index in [1.54, 1.807) is 18.4 Å². The number of hydrogen-bond donors (Lipinski definition) is 1. The smallest absolute Gasteiger partial charge is 0.213 e. The Morgan fingerprint density at radius 1 is 1.44 bits per heavy atom. The van der Waals surface area contributed by atoms with Gasteiger partial charge in [0.05, 0.1) is 5.75 Å². The Hall–Kier alpha value is -0.430. The molecule has 0 radical (unpaired) electrons. The second kappa shape index (κ2) is 7.89. The fourth-order valence-electron chi connectivity index (χ4n) is 1.57. The Balaban J connectivity index is 2.32. The highest BCUT2D eigenvalue weighted by atomic mass is 32.2. The van der Waals surface area contributed by atoms with Gasteiger partial charge in [0.25, 0.3) is 0 Å². The molecule has 0 bridgehead atoms. The van der Waals surface area contributed by atoms with E-state index in [-0.39, 0.29) is 5.75 Å². The molecule has 0 unspecified atom stereocenters. The van der Waals surface area contributed by atoms with Crippen LogP contribution in [-0.4, -0.2) is 45.2 Å². The molecule has 1 aromatic heterocycles. The summed E-state index contributed by atoms with van der Waals surface area (Å²) >= 11 is 1.67. The molecule has 104 valence electrons. The summed E-state index contributed by atoms with van der Waals surface area (Å²) in [4.78, 5) is 1.23. The van der Waals surface area contributed by atoms with E-state index in [9.17, 15) is 8.42 Å². The lowest BCUT2D eigenvalue weighted by Gasteiger charge is -2.16. The highest BCUT2D eigenvalue weighted by Crippen LogP contribution is 2.10. The zero-order valence-electron chi connectivity index (χ0n) is 11.1. The lowest BCUT2D eigenvalue weighted by atomic mass is 10.3. The van der Waals surface area contributed by atoms with Gasteiger partial charge in [-0.15, -0.1) is 11.3 Å². The number of nitrogens with zero attached hydrogens (tertiary/aromatic N) is 1. The van der Waals surface area contributed by atoms with E-state index in [0.29, 0.717) is 13.0 Å². The van der Waals surface area contributed by atoms with Gasteiger partial charge < -0.3 is 5.32 Å². The predicted molar refractivity (Wildman–Crippen MR) is 77.6 cm³/mol. The molecule has 1 heterocycles. The van der Waals surface area contributed by atoms with Gasteiger partial charge in [0, 0.05) is 18.5 Å².